The monoisotopic (exact) mass is 174 g/mol. The standard InChI is InChI=1S/2C2H4N2.CH2O3/c2*3-1-2-4;2-1(3)4/h2*1,3H2;(H2,2,3,4). The lowest BCUT2D eigenvalue weighted by Crippen LogP contribution is -1.91. The first kappa shape index (κ1) is 16.6. The van der Waals surface area contributed by atoms with Crippen LogP contribution in [-0.4, -0.2) is 29.5 Å². The molecule has 0 aromatic carbocycles. The predicted molar refractivity (Wildman–Crippen MR) is 40.0 cm³/mol. The molecule has 6 N–H and O–H groups in total. The first-order valence-corrected chi connectivity index (χ1v) is 2.62. The lowest BCUT2D eigenvalue weighted by atomic mass is 10.8. The van der Waals surface area contributed by atoms with Gasteiger partial charge in [0.1, 0.15) is 0 Å². The lowest BCUT2D eigenvalue weighted by molar-refractivity contribution is 0.137. The van der Waals surface area contributed by atoms with E-state index in [0.29, 0.717) is 0 Å². The van der Waals surface area contributed by atoms with Crippen molar-refractivity contribution in [2.45, 2.75) is 0 Å². The smallest absolute Gasteiger partial charge is 0.450 e. The van der Waals surface area contributed by atoms with Gasteiger partial charge < -0.3 is 21.7 Å². The summed E-state index contributed by atoms with van der Waals surface area (Å²) < 4.78 is 0. The summed E-state index contributed by atoms with van der Waals surface area (Å²) in [6.07, 6.45) is -1.83. The number of carboxylic acid groups (broad SMARTS) is 2. The summed E-state index contributed by atoms with van der Waals surface area (Å²) in [5, 5.41) is 28.9. The van der Waals surface area contributed by atoms with Crippen molar-refractivity contribution in [3.05, 3.63) is 0 Å². The fraction of sp³-hybridized carbons (Fsp3) is 0.400. The molecule has 0 aliphatic carbocycles. The molecule has 0 rings (SSSR count). The SMILES string of the molecule is N#CCN.N#CCN.O=C(O)O. The van der Waals surface area contributed by atoms with Gasteiger partial charge in [-0.1, -0.05) is 0 Å². The number of nitrogens with zero attached hydrogens (tertiary/aromatic N) is 2. The molecule has 0 aliphatic rings. The highest BCUT2D eigenvalue weighted by Gasteiger charge is 1.70. The van der Waals surface area contributed by atoms with E-state index in [4.69, 9.17) is 25.5 Å². The molecule has 0 unspecified atom stereocenters. The van der Waals surface area contributed by atoms with Crippen LogP contribution in [0.15, 0.2) is 0 Å². The van der Waals surface area contributed by atoms with Crippen molar-refractivity contribution in [2.75, 3.05) is 13.1 Å². The molecule has 0 saturated heterocycles. The van der Waals surface area contributed by atoms with Gasteiger partial charge in [-0.25, -0.2) is 4.79 Å². The Morgan fingerprint density at radius 3 is 1.25 bits per heavy atom. The molecule has 0 radical (unpaired) electrons. The molecule has 68 valence electrons. The van der Waals surface area contributed by atoms with E-state index in [9.17, 15) is 0 Å². The third-order valence-electron chi connectivity index (χ3n) is 0.183. The maximum absolute atomic E-state index is 8.56. The highest BCUT2D eigenvalue weighted by atomic mass is 16.6. The lowest BCUT2D eigenvalue weighted by Gasteiger charge is -1.60. The van der Waals surface area contributed by atoms with Crippen molar-refractivity contribution in [1.29, 1.82) is 10.5 Å². The van der Waals surface area contributed by atoms with Crippen molar-refractivity contribution < 1.29 is 15.0 Å². The van der Waals surface area contributed by atoms with Crippen LogP contribution in [0.4, 0.5) is 4.79 Å². The van der Waals surface area contributed by atoms with Crippen LogP contribution >= 0.6 is 0 Å². The number of hydrogen-bond acceptors (Lipinski definition) is 5. The molecule has 0 amide bonds. The summed E-state index contributed by atoms with van der Waals surface area (Å²) in [5.41, 5.74) is 9.33. The number of nitrogens with two attached hydrogens (primary N) is 2. The highest BCUT2D eigenvalue weighted by molar-refractivity contribution is 5.53. The van der Waals surface area contributed by atoms with Gasteiger partial charge in [0.15, 0.2) is 0 Å². The Morgan fingerprint density at radius 1 is 1.17 bits per heavy atom. The molecule has 12 heavy (non-hydrogen) atoms. The van der Waals surface area contributed by atoms with Gasteiger partial charge in [0, 0.05) is 0 Å². The molecular formula is C5H10N4O3. The fourth-order valence-electron chi connectivity index (χ4n) is 0. The van der Waals surface area contributed by atoms with Gasteiger partial charge >= 0.3 is 6.16 Å². The van der Waals surface area contributed by atoms with E-state index in [-0.39, 0.29) is 13.1 Å². The quantitative estimate of drug-likeness (QED) is 0.348. The van der Waals surface area contributed by atoms with E-state index >= 15 is 0 Å². The normalized spacial score (nSPS) is 5.33. The van der Waals surface area contributed by atoms with E-state index in [1.165, 1.54) is 0 Å². The minimum atomic E-state index is -1.83. The first-order valence-electron chi connectivity index (χ1n) is 2.62. The number of carbonyl (C=O) groups is 1. The molecule has 7 nitrogen and oxygen atoms in total. The van der Waals surface area contributed by atoms with Gasteiger partial charge in [-0.2, -0.15) is 10.5 Å². The van der Waals surface area contributed by atoms with E-state index in [1.54, 1.807) is 12.1 Å². The third-order valence-corrected chi connectivity index (χ3v) is 0.183. The minimum Gasteiger partial charge on any atom is -0.450 e. The second-order valence-electron chi connectivity index (χ2n) is 1.01. The van der Waals surface area contributed by atoms with Crippen LogP contribution in [0.25, 0.3) is 0 Å². The molecule has 0 heterocycles. The Morgan fingerprint density at radius 2 is 1.25 bits per heavy atom. The summed E-state index contributed by atoms with van der Waals surface area (Å²) >= 11 is 0. The second kappa shape index (κ2) is 22.9. The van der Waals surface area contributed by atoms with Gasteiger partial charge in [-0.3, -0.25) is 0 Å². The van der Waals surface area contributed by atoms with Crippen LogP contribution in [0.3, 0.4) is 0 Å². The number of rotatable bonds is 0. The minimum absolute atomic E-state index is 0.125. The summed E-state index contributed by atoms with van der Waals surface area (Å²) in [6.45, 7) is 0.250. The van der Waals surface area contributed by atoms with Crippen LogP contribution in [0.5, 0.6) is 0 Å². The van der Waals surface area contributed by atoms with Crippen LogP contribution < -0.4 is 11.5 Å². The van der Waals surface area contributed by atoms with E-state index in [2.05, 4.69) is 11.5 Å². The van der Waals surface area contributed by atoms with Crippen LogP contribution in [0.2, 0.25) is 0 Å². The van der Waals surface area contributed by atoms with E-state index in [1.807, 2.05) is 0 Å². The second-order valence-corrected chi connectivity index (χ2v) is 1.01. The molecule has 0 aromatic heterocycles. The Balaban J connectivity index is -0.000000101. The van der Waals surface area contributed by atoms with Gasteiger partial charge in [-0.05, 0) is 0 Å². The van der Waals surface area contributed by atoms with E-state index < -0.39 is 6.16 Å². The van der Waals surface area contributed by atoms with E-state index in [0.717, 1.165) is 0 Å². The van der Waals surface area contributed by atoms with Gasteiger partial charge in [0.05, 0.1) is 25.2 Å². The average Bonchev–Trinajstić information content (AvgIpc) is 2.03. The van der Waals surface area contributed by atoms with Crippen LogP contribution in [-0.2, 0) is 0 Å². The van der Waals surface area contributed by atoms with Gasteiger partial charge in [-0.15, -0.1) is 0 Å². The molecule has 0 aromatic rings. The maximum atomic E-state index is 8.56. The zero-order valence-corrected chi connectivity index (χ0v) is 6.27. The predicted octanol–water partition coefficient (Wildman–Crippen LogP) is -0.840. The molecule has 7 heteroatoms. The zero-order valence-electron chi connectivity index (χ0n) is 6.27. The Hall–Kier alpha value is -1.83. The van der Waals surface area contributed by atoms with Crippen molar-refractivity contribution in [2.24, 2.45) is 11.5 Å². The molecule has 0 spiro atoms. The van der Waals surface area contributed by atoms with Crippen molar-refractivity contribution in [1.82, 2.24) is 0 Å². The summed E-state index contributed by atoms with van der Waals surface area (Å²) in [7, 11) is 0. The molecule has 0 fully saturated rings. The molecule has 0 aliphatic heterocycles. The fourth-order valence-corrected chi connectivity index (χ4v) is 0. The largest absolute Gasteiger partial charge is 0.503 e. The van der Waals surface area contributed by atoms with Gasteiger partial charge in [0.2, 0.25) is 0 Å². The Bertz CT molecular complexity index is 151. The van der Waals surface area contributed by atoms with Crippen molar-refractivity contribution >= 4 is 6.16 Å². The van der Waals surface area contributed by atoms with Gasteiger partial charge in [0.25, 0.3) is 0 Å². The number of hydrogen-bond donors (Lipinski definition) is 4. The topological polar surface area (TPSA) is 157 Å². The van der Waals surface area contributed by atoms with Crippen molar-refractivity contribution in [3.8, 4) is 12.1 Å². The summed E-state index contributed by atoms with van der Waals surface area (Å²) in [4.78, 5) is 8.56. The Labute approximate surface area is 69.4 Å². The maximum Gasteiger partial charge on any atom is 0.503 e. The van der Waals surface area contributed by atoms with Crippen LogP contribution in [0.1, 0.15) is 0 Å². The van der Waals surface area contributed by atoms with Crippen LogP contribution in [0, 0.1) is 22.7 Å². The summed E-state index contributed by atoms with van der Waals surface area (Å²) in [5.74, 6) is 0. The Kier molecular flexibility index (Phi) is 31.7. The summed E-state index contributed by atoms with van der Waals surface area (Å²) in [6, 6.07) is 3.42. The molecular weight excluding hydrogens is 164 g/mol. The molecule has 0 saturated carbocycles. The average molecular weight is 174 g/mol. The first-order chi connectivity index (χ1) is 5.56. The number of nitriles is 2. The van der Waals surface area contributed by atoms with Crippen molar-refractivity contribution in [3.63, 3.8) is 0 Å². The highest BCUT2D eigenvalue weighted by Crippen LogP contribution is 1.42. The third kappa shape index (κ3) is 14500. The molecule has 0 bridgehead atoms. The molecule has 0 atom stereocenters. The zero-order chi connectivity index (χ0) is 10.4.